The first kappa shape index (κ1) is 33.1. The minimum atomic E-state index is -0.401. The number of nitrogens with zero attached hydrogens (tertiary/aromatic N) is 2. The highest BCUT2D eigenvalue weighted by atomic mass is 19.1. The van der Waals surface area contributed by atoms with Crippen molar-refractivity contribution in [3.05, 3.63) is 154 Å². The average molecular weight is 599 g/mol. The van der Waals surface area contributed by atoms with Crippen molar-refractivity contribution in [3.8, 4) is 12.1 Å². The van der Waals surface area contributed by atoms with E-state index in [9.17, 15) is 8.78 Å². The van der Waals surface area contributed by atoms with Gasteiger partial charge in [0.15, 0.2) is 0 Å². The summed E-state index contributed by atoms with van der Waals surface area (Å²) < 4.78 is 28.6. The highest BCUT2D eigenvalue weighted by Gasteiger charge is 2.10. The zero-order chi connectivity index (χ0) is 32.0. The summed E-state index contributed by atoms with van der Waals surface area (Å²) in [6.07, 6.45) is 11.9. The summed E-state index contributed by atoms with van der Waals surface area (Å²) in [6.45, 7) is 8.11. The molecule has 4 rings (SSSR count). The fourth-order valence-electron chi connectivity index (χ4n) is 5.62. The summed E-state index contributed by atoms with van der Waals surface area (Å²) in [4.78, 5) is 0. The van der Waals surface area contributed by atoms with Crippen LogP contribution in [0.5, 0.6) is 0 Å². The summed E-state index contributed by atoms with van der Waals surface area (Å²) in [5.74, 6) is -0.802. The van der Waals surface area contributed by atoms with Gasteiger partial charge in [-0.1, -0.05) is 106 Å². The predicted octanol–water partition coefficient (Wildman–Crippen LogP) is 10.7. The fraction of sp³-hybridized carbons (Fsp3) is 0.268. The summed E-state index contributed by atoms with van der Waals surface area (Å²) in [5.41, 5.74) is 7.83. The van der Waals surface area contributed by atoms with Crippen LogP contribution in [0.15, 0.2) is 98.1 Å². The van der Waals surface area contributed by atoms with Crippen LogP contribution in [0, 0.1) is 34.3 Å². The SMILES string of the molecule is C=C(Cc1ccc(CCCCCCCCCc2ccc(CC(=C)c3ccc(C#N)cc3F)cc2)cc1)c1ccc(C#N)cc1F. The quantitative estimate of drug-likeness (QED) is 0.120. The van der Waals surface area contributed by atoms with Gasteiger partial charge in [-0.05, 0) is 96.2 Å². The zero-order valence-corrected chi connectivity index (χ0v) is 25.9. The van der Waals surface area contributed by atoms with Crippen molar-refractivity contribution in [1.82, 2.24) is 0 Å². The Kier molecular flexibility index (Phi) is 12.4. The summed E-state index contributed by atoms with van der Waals surface area (Å²) in [7, 11) is 0. The molecule has 0 spiro atoms. The molecule has 0 aliphatic rings. The number of allylic oxidation sites excluding steroid dienone is 2. The molecule has 4 heteroatoms. The van der Waals surface area contributed by atoms with Gasteiger partial charge in [0, 0.05) is 11.1 Å². The second-order valence-corrected chi connectivity index (χ2v) is 11.8. The highest BCUT2D eigenvalue weighted by molar-refractivity contribution is 5.67. The van der Waals surface area contributed by atoms with Crippen molar-refractivity contribution >= 4 is 11.1 Å². The third-order valence-electron chi connectivity index (χ3n) is 8.27. The molecule has 0 aliphatic heterocycles. The Hall–Kier alpha value is -4.80. The molecule has 2 nitrogen and oxygen atoms in total. The Morgan fingerprint density at radius 2 is 0.822 bits per heavy atom. The molecule has 0 radical (unpaired) electrons. The van der Waals surface area contributed by atoms with Crippen LogP contribution in [0.4, 0.5) is 8.78 Å². The molecule has 0 saturated heterocycles. The van der Waals surface area contributed by atoms with Gasteiger partial charge in [0.25, 0.3) is 0 Å². The predicted molar refractivity (Wildman–Crippen MR) is 180 cm³/mol. The first-order valence-electron chi connectivity index (χ1n) is 15.8. The van der Waals surface area contributed by atoms with Crippen LogP contribution in [0.3, 0.4) is 0 Å². The van der Waals surface area contributed by atoms with Crippen molar-refractivity contribution < 1.29 is 8.78 Å². The van der Waals surface area contributed by atoms with Crippen LogP contribution < -0.4 is 0 Å². The number of rotatable bonds is 16. The van der Waals surface area contributed by atoms with Crippen molar-refractivity contribution in [1.29, 1.82) is 10.5 Å². The van der Waals surface area contributed by atoms with E-state index in [0.717, 1.165) is 24.0 Å². The number of benzene rings is 4. The van der Waals surface area contributed by atoms with E-state index in [1.54, 1.807) is 24.3 Å². The standard InChI is InChI=1S/C41H40F2N2/c1-30(38-22-20-36(28-44)26-40(38)42)24-34-16-12-32(13-17-34)10-8-6-4-3-5-7-9-11-33-14-18-35(19-15-33)25-31(2)39-23-21-37(29-45)27-41(39)43/h12-23,26-27H,1-11,24-25H2. The normalized spacial score (nSPS) is 10.7. The van der Waals surface area contributed by atoms with Crippen molar-refractivity contribution in [2.24, 2.45) is 0 Å². The molecule has 45 heavy (non-hydrogen) atoms. The first-order chi connectivity index (χ1) is 21.9. The molecule has 0 N–H and O–H groups in total. The largest absolute Gasteiger partial charge is 0.206 e. The molecule has 0 fully saturated rings. The molecule has 0 saturated carbocycles. The number of unbranched alkanes of at least 4 members (excludes halogenated alkanes) is 6. The maximum absolute atomic E-state index is 14.3. The monoisotopic (exact) mass is 598 g/mol. The van der Waals surface area contributed by atoms with Gasteiger partial charge in [-0.25, -0.2) is 8.78 Å². The zero-order valence-electron chi connectivity index (χ0n) is 25.9. The Morgan fingerprint density at radius 3 is 1.16 bits per heavy atom. The van der Waals surface area contributed by atoms with Crippen LogP contribution in [-0.4, -0.2) is 0 Å². The lowest BCUT2D eigenvalue weighted by atomic mass is 9.96. The van der Waals surface area contributed by atoms with E-state index >= 15 is 0 Å². The molecule has 4 aromatic carbocycles. The second-order valence-electron chi connectivity index (χ2n) is 11.8. The molecule has 0 aromatic heterocycles. The molecule has 0 aliphatic carbocycles. The third-order valence-corrected chi connectivity index (χ3v) is 8.27. The van der Waals surface area contributed by atoms with Crippen LogP contribution in [0.1, 0.15) is 89.5 Å². The number of hydrogen-bond donors (Lipinski definition) is 0. The van der Waals surface area contributed by atoms with E-state index in [-0.39, 0.29) is 0 Å². The van der Waals surface area contributed by atoms with Gasteiger partial charge in [0.1, 0.15) is 11.6 Å². The number of aryl methyl sites for hydroxylation is 2. The lowest BCUT2D eigenvalue weighted by Crippen LogP contribution is -1.95. The van der Waals surface area contributed by atoms with Gasteiger partial charge in [-0.15, -0.1) is 0 Å². The minimum Gasteiger partial charge on any atom is -0.206 e. The fourth-order valence-corrected chi connectivity index (χ4v) is 5.62. The van der Waals surface area contributed by atoms with E-state index in [1.807, 2.05) is 12.1 Å². The average Bonchev–Trinajstić information content (AvgIpc) is 3.05. The van der Waals surface area contributed by atoms with E-state index < -0.39 is 11.6 Å². The molecule has 0 bridgehead atoms. The van der Waals surface area contributed by atoms with E-state index in [4.69, 9.17) is 10.5 Å². The van der Waals surface area contributed by atoms with Gasteiger partial charge in [0.05, 0.1) is 23.3 Å². The van der Waals surface area contributed by atoms with Crippen LogP contribution in [0.25, 0.3) is 11.1 Å². The minimum absolute atomic E-state index is 0.314. The number of nitriles is 2. The topological polar surface area (TPSA) is 47.6 Å². The molecule has 0 unspecified atom stereocenters. The summed E-state index contributed by atoms with van der Waals surface area (Å²) in [5, 5.41) is 17.9. The maximum Gasteiger partial charge on any atom is 0.132 e. The Labute approximate surface area is 267 Å². The summed E-state index contributed by atoms with van der Waals surface area (Å²) >= 11 is 0. The highest BCUT2D eigenvalue weighted by Crippen LogP contribution is 2.24. The van der Waals surface area contributed by atoms with E-state index in [2.05, 4.69) is 61.7 Å². The molecular weight excluding hydrogens is 558 g/mol. The van der Waals surface area contributed by atoms with Gasteiger partial charge >= 0.3 is 0 Å². The van der Waals surface area contributed by atoms with Crippen molar-refractivity contribution in [3.63, 3.8) is 0 Å². The Balaban J connectivity index is 1.06. The molecule has 0 amide bonds. The van der Waals surface area contributed by atoms with Crippen molar-refractivity contribution in [2.45, 2.75) is 70.6 Å². The molecule has 228 valence electrons. The number of hydrogen-bond acceptors (Lipinski definition) is 2. The lowest BCUT2D eigenvalue weighted by molar-refractivity contribution is 0.579. The first-order valence-corrected chi connectivity index (χ1v) is 15.8. The van der Waals surface area contributed by atoms with Gasteiger partial charge < -0.3 is 0 Å². The molecular formula is C41H40F2N2. The van der Waals surface area contributed by atoms with Crippen LogP contribution >= 0.6 is 0 Å². The third kappa shape index (κ3) is 10.1. The summed E-state index contributed by atoms with van der Waals surface area (Å²) in [6, 6.07) is 30.0. The van der Waals surface area contributed by atoms with Crippen LogP contribution in [-0.2, 0) is 25.7 Å². The molecule has 4 aromatic rings. The Bertz CT molecular complexity index is 1560. The van der Waals surface area contributed by atoms with Crippen LogP contribution in [0.2, 0.25) is 0 Å². The second kappa shape index (κ2) is 16.9. The Morgan fingerprint density at radius 1 is 0.489 bits per heavy atom. The number of halogens is 2. The van der Waals surface area contributed by atoms with E-state index in [1.165, 1.54) is 68.2 Å². The lowest BCUT2D eigenvalue weighted by Gasteiger charge is -2.09. The van der Waals surface area contributed by atoms with E-state index in [0.29, 0.717) is 46.2 Å². The van der Waals surface area contributed by atoms with Gasteiger partial charge in [0.2, 0.25) is 0 Å². The smallest absolute Gasteiger partial charge is 0.132 e. The molecule has 0 atom stereocenters. The maximum atomic E-state index is 14.3. The molecule has 0 heterocycles. The van der Waals surface area contributed by atoms with Crippen molar-refractivity contribution in [2.75, 3.05) is 0 Å². The van der Waals surface area contributed by atoms with Gasteiger partial charge in [-0.3, -0.25) is 0 Å². The van der Waals surface area contributed by atoms with Gasteiger partial charge in [-0.2, -0.15) is 10.5 Å².